The number of alkyl halides is 3. The number of amides is 1. The van der Waals surface area contributed by atoms with E-state index in [-0.39, 0.29) is 23.0 Å². The molecule has 1 aliphatic heterocycles. The molecule has 2 heterocycles. The maximum atomic E-state index is 14.1. The van der Waals surface area contributed by atoms with Crippen LogP contribution < -0.4 is 5.32 Å². The molecule has 2 aromatic rings. The maximum Gasteiger partial charge on any atom is 0.471 e. The molecule has 0 bridgehead atoms. The molecule has 3 rings (SSSR count). The average molecular weight is 413 g/mol. The highest BCUT2D eigenvalue weighted by Gasteiger charge is 2.39. The van der Waals surface area contributed by atoms with Gasteiger partial charge in [-0.15, -0.1) is 0 Å². The summed E-state index contributed by atoms with van der Waals surface area (Å²) in [6.45, 7) is 0.467. The number of rotatable bonds is 4. The number of hydrogen-bond donors (Lipinski definition) is 3. The van der Waals surface area contributed by atoms with Gasteiger partial charge in [0.15, 0.2) is 0 Å². The molecule has 1 aromatic carbocycles. The van der Waals surface area contributed by atoms with Crippen LogP contribution in [0.1, 0.15) is 30.3 Å². The van der Waals surface area contributed by atoms with Crippen molar-refractivity contribution in [3.63, 3.8) is 0 Å². The second-order valence-corrected chi connectivity index (χ2v) is 6.37. The molecule has 0 unspecified atom stereocenters. The summed E-state index contributed by atoms with van der Waals surface area (Å²) in [5.74, 6) is -3.40. The number of aromatic amines is 1. The SMILES string of the molecule is N=C(/C=C\c1ncc(NC(=O)C(F)(F)F)[nH]1)N1CCC[C@@H]1c1cc(F)ccc1F. The van der Waals surface area contributed by atoms with Crippen molar-refractivity contribution in [2.45, 2.75) is 25.1 Å². The highest BCUT2D eigenvalue weighted by atomic mass is 19.4. The third-order valence-corrected chi connectivity index (χ3v) is 4.38. The molecule has 1 saturated heterocycles. The third-order valence-electron chi connectivity index (χ3n) is 4.38. The summed E-state index contributed by atoms with van der Waals surface area (Å²) in [6.07, 6.45) is -0.114. The Morgan fingerprint density at radius 3 is 2.83 bits per heavy atom. The molecular weight excluding hydrogens is 397 g/mol. The lowest BCUT2D eigenvalue weighted by Crippen LogP contribution is -2.30. The zero-order chi connectivity index (χ0) is 21.2. The Balaban J connectivity index is 1.69. The lowest BCUT2D eigenvalue weighted by atomic mass is 10.0. The van der Waals surface area contributed by atoms with E-state index in [1.807, 2.05) is 0 Å². The van der Waals surface area contributed by atoms with Crippen LogP contribution in [0.3, 0.4) is 0 Å². The van der Waals surface area contributed by atoms with Gasteiger partial charge in [-0.05, 0) is 43.2 Å². The Morgan fingerprint density at radius 1 is 1.34 bits per heavy atom. The van der Waals surface area contributed by atoms with E-state index in [0.717, 1.165) is 24.4 Å². The van der Waals surface area contributed by atoms with Gasteiger partial charge in [-0.1, -0.05) is 0 Å². The van der Waals surface area contributed by atoms with E-state index in [4.69, 9.17) is 5.41 Å². The molecule has 1 aromatic heterocycles. The largest absolute Gasteiger partial charge is 0.471 e. The second-order valence-electron chi connectivity index (χ2n) is 6.37. The van der Waals surface area contributed by atoms with Crippen LogP contribution >= 0.6 is 0 Å². The minimum Gasteiger partial charge on any atom is -0.350 e. The van der Waals surface area contributed by atoms with Crippen LogP contribution in [0.15, 0.2) is 30.5 Å². The van der Waals surface area contributed by atoms with E-state index in [9.17, 15) is 26.7 Å². The van der Waals surface area contributed by atoms with Gasteiger partial charge in [0, 0.05) is 12.1 Å². The monoisotopic (exact) mass is 413 g/mol. The van der Waals surface area contributed by atoms with Gasteiger partial charge in [0.1, 0.15) is 29.1 Å². The first-order chi connectivity index (χ1) is 13.6. The van der Waals surface area contributed by atoms with Crippen LogP contribution in [0.2, 0.25) is 0 Å². The fraction of sp³-hybridized carbons (Fsp3) is 0.278. The smallest absolute Gasteiger partial charge is 0.350 e. The number of carbonyl (C=O) groups is 1. The molecule has 0 saturated carbocycles. The lowest BCUT2D eigenvalue weighted by Gasteiger charge is -2.26. The number of carbonyl (C=O) groups excluding carboxylic acids is 1. The minimum atomic E-state index is -5.03. The molecule has 1 aliphatic rings. The van der Waals surface area contributed by atoms with E-state index in [0.29, 0.717) is 19.4 Å². The number of likely N-dealkylation sites (tertiary alicyclic amines) is 1. The average Bonchev–Trinajstić information content (AvgIpc) is 3.30. The second kappa shape index (κ2) is 8.02. The number of halogens is 5. The van der Waals surface area contributed by atoms with Gasteiger partial charge in [0.05, 0.1) is 12.2 Å². The van der Waals surface area contributed by atoms with Crippen molar-refractivity contribution in [3.8, 4) is 0 Å². The normalized spacial score (nSPS) is 17.1. The van der Waals surface area contributed by atoms with Crippen LogP contribution in [0.25, 0.3) is 6.08 Å². The topological polar surface area (TPSA) is 84.9 Å². The van der Waals surface area contributed by atoms with Crippen molar-refractivity contribution >= 4 is 23.6 Å². The first kappa shape index (κ1) is 20.5. The number of amidine groups is 1. The Labute approximate surface area is 161 Å². The molecule has 6 nitrogen and oxygen atoms in total. The molecule has 1 atom stereocenters. The van der Waals surface area contributed by atoms with Crippen LogP contribution in [-0.4, -0.2) is 39.3 Å². The van der Waals surface area contributed by atoms with Crippen molar-refractivity contribution in [3.05, 3.63) is 53.5 Å². The quantitative estimate of drug-likeness (QED) is 0.402. The standard InChI is InChI=1S/C18H16F5N5O/c19-10-3-4-12(20)11(8-10)13-2-1-7-28(13)14(24)5-6-15-25-9-16(26-15)27-17(29)18(21,22)23/h3-6,8-9,13,24H,1-2,7H2,(H,25,26)(H,27,29)/b6-5-,24-14?/t13-/m1/s1. The number of aromatic nitrogens is 2. The fourth-order valence-electron chi connectivity index (χ4n) is 3.08. The molecule has 1 amide bonds. The van der Waals surface area contributed by atoms with Crippen LogP contribution in [0.4, 0.5) is 27.8 Å². The number of nitrogens with one attached hydrogen (secondary N) is 3. The first-order valence-electron chi connectivity index (χ1n) is 8.56. The van der Waals surface area contributed by atoms with Gasteiger partial charge < -0.3 is 15.2 Å². The summed E-state index contributed by atoms with van der Waals surface area (Å²) in [4.78, 5) is 18.8. The van der Waals surface area contributed by atoms with E-state index in [1.165, 1.54) is 12.2 Å². The summed E-state index contributed by atoms with van der Waals surface area (Å²) in [6, 6.07) is 2.67. The van der Waals surface area contributed by atoms with Gasteiger partial charge >= 0.3 is 12.1 Å². The van der Waals surface area contributed by atoms with Crippen molar-refractivity contribution in [1.29, 1.82) is 5.41 Å². The summed E-state index contributed by atoms with van der Waals surface area (Å²) in [7, 11) is 0. The third kappa shape index (κ3) is 4.79. The Hall–Kier alpha value is -3.24. The summed E-state index contributed by atoms with van der Waals surface area (Å²) in [5.41, 5.74) is 0.163. The summed E-state index contributed by atoms with van der Waals surface area (Å²) in [5, 5.41) is 9.83. The van der Waals surface area contributed by atoms with Gasteiger partial charge in [-0.25, -0.2) is 13.8 Å². The Morgan fingerprint density at radius 2 is 2.10 bits per heavy atom. The minimum absolute atomic E-state index is 0.00781. The lowest BCUT2D eigenvalue weighted by molar-refractivity contribution is -0.167. The molecule has 1 fully saturated rings. The molecule has 0 spiro atoms. The number of imidazole rings is 1. The van der Waals surface area contributed by atoms with Gasteiger partial charge in [0.25, 0.3) is 0 Å². The van der Waals surface area contributed by atoms with Crippen LogP contribution in [0.5, 0.6) is 0 Å². The van der Waals surface area contributed by atoms with Gasteiger partial charge in [-0.3, -0.25) is 10.2 Å². The van der Waals surface area contributed by atoms with Crippen molar-refractivity contribution < 1.29 is 26.7 Å². The highest BCUT2D eigenvalue weighted by molar-refractivity contribution is 5.95. The van der Waals surface area contributed by atoms with Crippen molar-refractivity contribution in [2.24, 2.45) is 0 Å². The Kier molecular flexibility index (Phi) is 5.66. The van der Waals surface area contributed by atoms with E-state index in [2.05, 4.69) is 9.97 Å². The zero-order valence-electron chi connectivity index (χ0n) is 14.9. The number of H-pyrrole nitrogens is 1. The predicted octanol–water partition coefficient (Wildman–Crippen LogP) is 4.02. The highest BCUT2D eigenvalue weighted by Crippen LogP contribution is 2.34. The molecule has 3 N–H and O–H groups in total. The van der Waals surface area contributed by atoms with Gasteiger partial charge in [-0.2, -0.15) is 13.2 Å². The molecule has 0 radical (unpaired) electrons. The van der Waals surface area contributed by atoms with E-state index >= 15 is 0 Å². The molecule has 0 aliphatic carbocycles. The Bertz CT molecular complexity index is 952. The molecular formula is C18H16F5N5O. The zero-order valence-corrected chi connectivity index (χ0v) is 14.9. The van der Waals surface area contributed by atoms with Crippen LogP contribution in [-0.2, 0) is 4.79 Å². The number of anilines is 1. The summed E-state index contributed by atoms with van der Waals surface area (Å²) < 4.78 is 64.3. The van der Waals surface area contributed by atoms with E-state index in [1.54, 1.807) is 10.2 Å². The molecule has 11 heteroatoms. The van der Waals surface area contributed by atoms with Gasteiger partial charge in [0.2, 0.25) is 0 Å². The molecule has 29 heavy (non-hydrogen) atoms. The number of nitrogens with zero attached hydrogens (tertiary/aromatic N) is 2. The molecule has 154 valence electrons. The van der Waals surface area contributed by atoms with Crippen molar-refractivity contribution in [2.75, 3.05) is 11.9 Å². The van der Waals surface area contributed by atoms with Crippen LogP contribution in [0, 0.1) is 17.0 Å². The summed E-state index contributed by atoms with van der Waals surface area (Å²) >= 11 is 0. The van der Waals surface area contributed by atoms with E-state index < -0.39 is 29.8 Å². The maximum absolute atomic E-state index is 14.1. The van der Waals surface area contributed by atoms with Crippen molar-refractivity contribution in [1.82, 2.24) is 14.9 Å². The first-order valence-corrected chi connectivity index (χ1v) is 8.56. The fourth-order valence-corrected chi connectivity index (χ4v) is 3.08. The number of benzene rings is 1. The predicted molar refractivity (Wildman–Crippen MR) is 95.1 cm³/mol. The number of hydrogen-bond acceptors (Lipinski definition) is 3.